The van der Waals surface area contributed by atoms with E-state index >= 15 is 0 Å². The van der Waals surface area contributed by atoms with Gasteiger partial charge in [-0.1, -0.05) is 0 Å². The van der Waals surface area contributed by atoms with Crippen LogP contribution in [0.5, 0.6) is 0 Å². The fourth-order valence-corrected chi connectivity index (χ4v) is 2.37. The first-order valence-electron chi connectivity index (χ1n) is 7.80. The smallest absolute Gasteiger partial charge is 0.189 e. The van der Waals surface area contributed by atoms with Gasteiger partial charge in [0.25, 0.3) is 0 Å². The van der Waals surface area contributed by atoms with E-state index in [0.29, 0.717) is 12.5 Å². The van der Waals surface area contributed by atoms with Crippen LogP contribution >= 0.6 is 24.0 Å². The molecule has 1 aliphatic rings. The summed E-state index contributed by atoms with van der Waals surface area (Å²) in [5.74, 6) is 1.51. The van der Waals surface area contributed by atoms with E-state index < -0.39 is 0 Å². The number of aliphatic imine (C=N–C) groups is 1. The second kappa shape index (κ2) is 8.68. The summed E-state index contributed by atoms with van der Waals surface area (Å²) in [7, 11) is 2.15. The van der Waals surface area contributed by atoms with Gasteiger partial charge in [0.05, 0.1) is 6.54 Å². The highest BCUT2D eigenvalue weighted by Gasteiger charge is 2.15. The average molecular weight is 432 g/mol. The zero-order chi connectivity index (χ0) is 16.2. The normalized spacial score (nSPS) is 16.9. The van der Waals surface area contributed by atoms with Crippen LogP contribution < -0.4 is 16.0 Å². The summed E-state index contributed by atoms with van der Waals surface area (Å²) in [4.78, 5) is 13.6. The Morgan fingerprint density at radius 2 is 1.96 bits per heavy atom. The van der Waals surface area contributed by atoms with Crippen molar-refractivity contribution in [3.05, 3.63) is 23.9 Å². The van der Waals surface area contributed by atoms with Gasteiger partial charge in [0.15, 0.2) is 5.96 Å². The van der Waals surface area contributed by atoms with Gasteiger partial charge in [-0.3, -0.25) is 0 Å². The van der Waals surface area contributed by atoms with E-state index in [1.807, 2.05) is 12.3 Å². The lowest BCUT2D eigenvalue weighted by Gasteiger charge is -2.33. The maximum absolute atomic E-state index is 5.91. The zero-order valence-corrected chi connectivity index (χ0v) is 16.9. The molecule has 3 N–H and O–H groups in total. The number of anilines is 1. The summed E-state index contributed by atoms with van der Waals surface area (Å²) in [6.07, 6.45) is 1.85. The van der Waals surface area contributed by atoms with Gasteiger partial charge in [0.1, 0.15) is 5.82 Å². The molecule has 0 unspecified atom stereocenters. The Labute approximate surface area is 156 Å². The minimum Gasteiger partial charge on any atom is -0.370 e. The Hall–Kier alpha value is -1.09. The van der Waals surface area contributed by atoms with Crippen LogP contribution in [0.4, 0.5) is 5.82 Å². The Balaban J connectivity index is 0.00000264. The highest BCUT2D eigenvalue weighted by atomic mass is 127. The van der Waals surface area contributed by atoms with Gasteiger partial charge >= 0.3 is 0 Å². The first-order chi connectivity index (χ1) is 10.3. The molecule has 1 aromatic heterocycles. The molecule has 2 rings (SSSR count). The topological polar surface area (TPSA) is 69.8 Å². The molecule has 0 saturated carbocycles. The third-order valence-corrected chi connectivity index (χ3v) is 3.57. The molecule has 0 aromatic carbocycles. The maximum Gasteiger partial charge on any atom is 0.189 e. The number of piperazine rings is 1. The van der Waals surface area contributed by atoms with Gasteiger partial charge in [0, 0.05) is 37.9 Å². The molecule has 1 saturated heterocycles. The van der Waals surface area contributed by atoms with Crippen molar-refractivity contribution in [1.29, 1.82) is 0 Å². The van der Waals surface area contributed by atoms with Crippen LogP contribution in [0.25, 0.3) is 0 Å². The Bertz CT molecular complexity index is 518. The van der Waals surface area contributed by atoms with Gasteiger partial charge in [-0.15, -0.1) is 24.0 Å². The van der Waals surface area contributed by atoms with Crippen molar-refractivity contribution in [2.45, 2.75) is 32.9 Å². The molecule has 0 amide bonds. The van der Waals surface area contributed by atoms with E-state index in [-0.39, 0.29) is 29.5 Å². The summed E-state index contributed by atoms with van der Waals surface area (Å²) < 4.78 is 0. The van der Waals surface area contributed by atoms with E-state index in [9.17, 15) is 0 Å². The molecule has 1 aliphatic heterocycles. The highest BCUT2D eigenvalue weighted by Crippen LogP contribution is 2.15. The van der Waals surface area contributed by atoms with E-state index in [0.717, 1.165) is 37.6 Å². The summed E-state index contributed by atoms with van der Waals surface area (Å²) in [5, 5.41) is 3.17. The summed E-state index contributed by atoms with van der Waals surface area (Å²) >= 11 is 0. The Morgan fingerprint density at radius 3 is 2.57 bits per heavy atom. The molecular weight excluding hydrogens is 403 g/mol. The second-order valence-electron chi connectivity index (χ2n) is 6.89. The number of likely N-dealkylation sites (N-methyl/N-ethyl adjacent to an activating group) is 1. The van der Waals surface area contributed by atoms with Crippen LogP contribution in [0.3, 0.4) is 0 Å². The lowest BCUT2D eigenvalue weighted by atomic mass is 10.1. The number of aromatic nitrogens is 1. The SMILES string of the molecule is CN1CCN(c2cc(CN=C(N)NC(C)(C)C)ccn2)CC1.I. The molecule has 1 aromatic rings. The standard InChI is InChI=1S/C16H28N6.HI/c1-16(2,3)20-15(17)19-12-13-5-6-18-14(11-13)22-9-7-21(4)8-10-22;/h5-6,11H,7-10,12H2,1-4H3,(H3,17,19,20);1H. The summed E-state index contributed by atoms with van der Waals surface area (Å²) in [6, 6.07) is 4.10. The lowest BCUT2D eigenvalue weighted by Crippen LogP contribution is -2.45. The molecule has 7 heteroatoms. The zero-order valence-electron chi connectivity index (χ0n) is 14.5. The van der Waals surface area contributed by atoms with Crippen LogP contribution in [-0.4, -0.2) is 54.6 Å². The number of nitrogens with one attached hydrogen (secondary N) is 1. The van der Waals surface area contributed by atoms with E-state index in [4.69, 9.17) is 5.73 Å². The largest absolute Gasteiger partial charge is 0.370 e. The fourth-order valence-electron chi connectivity index (χ4n) is 2.37. The van der Waals surface area contributed by atoms with E-state index in [1.165, 1.54) is 0 Å². The number of halogens is 1. The average Bonchev–Trinajstić information content (AvgIpc) is 2.44. The highest BCUT2D eigenvalue weighted by molar-refractivity contribution is 14.0. The number of pyridine rings is 1. The van der Waals surface area contributed by atoms with Crippen molar-refractivity contribution in [1.82, 2.24) is 15.2 Å². The first-order valence-corrected chi connectivity index (χ1v) is 7.80. The Morgan fingerprint density at radius 1 is 1.30 bits per heavy atom. The fraction of sp³-hybridized carbons (Fsp3) is 0.625. The number of hydrogen-bond donors (Lipinski definition) is 2. The summed E-state index contributed by atoms with van der Waals surface area (Å²) in [5.41, 5.74) is 6.97. The van der Waals surface area contributed by atoms with Crippen LogP contribution in [0.1, 0.15) is 26.3 Å². The van der Waals surface area contributed by atoms with Crippen LogP contribution in [-0.2, 0) is 6.54 Å². The van der Waals surface area contributed by atoms with Gasteiger partial charge in [-0.05, 0) is 45.5 Å². The van der Waals surface area contributed by atoms with E-state index in [2.05, 4.69) is 59.0 Å². The summed E-state index contributed by atoms with van der Waals surface area (Å²) in [6.45, 7) is 10.9. The molecule has 0 radical (unpaired) electrons. The minimum absolute atomic E-state index is 0. The molecule has 0 bridgehead atoms. The third-order valence-electron chi connectivity index (χ3n) is 3.57. The van der Waals surface area contributed by atoms with Gasteiger partial charge in [0.2, 0.25) is 0 Å². The van der Waals surface area contributed by atoms with Crippen molar-refractivity contribution < 1.29 is 0 Å². The molecule has 6 nitrogen and oxygen atoms in total. The molecule has 0 spiro atoms. The Kier molecular flexibility index (Phi) is 7.53. The third kappa shape index (κ3) is 6.90. The number of hydrogen-bond acceptors (Lipinski definition) is 4. The van der Waals surface area contributed by atoms with Crippen LogP contribution in [0.2, 0.25) is 0 Å². The van der Waals surface area contributed by atoms with Crippen LogP contribution in [0, 0.1) is 0 Å². The van der Waals surface area contributed by atoms with Gasteiger partial charge < -0.3 is 20.9 Å². The maximum atomic E-state index is 5.91. The predicted molar refractivity (Wildman–Crippen MR) is 108 cm³/mol. The molecule has 130 valence electrons. The molecule has 23 heavy (non-hydrogen) atoms. The molecule has 2 heterocycles. The van der Waals surface area contributed by atoms with Crippen molar-refractivity contribution in [3.63, 3.8) is 0 Å². The predicted octanol–water partition coefficient (Wildman–Crippen LogP) is 1.65. The number of nitrogens with two attached hydrogens (primary N) is 1. The van der Waals surface area contributed by atoms with Crippen molar-refractivity contribution in [3.8, 4) is 0 Å². The first kappa shape index (κ1) is 20.0. The second-order valence-corrected chi connectivity index (χ2v) is 6.89. The molecule has 1 fully saturated rings. The van der Waals surface area contributed by atoms with Crippen molar-refractivity contribution in [2.24, 2.45) is 10.7 Å². The van der Waals surface area contributed by atoms with Gasteiger partial charge in [-0.25, -0.2) is 9.98 Å². The molecule has 0 aliphatic carbocycles. The van der Waals surface area contributed by atoms with Crippen molar-refractivity contribution >= 4 is 35.8 Å². The quantitative estimate of drug-likeness (QED) is 0.432. The minimum atomic E-state index is -0.0726. The number of guanidine groups is 1. The number of rotatable bonds is 3. The van der Waals surface area contributed by atoms with Crippen molar-refractivity contribution in [2.75, 3.05) is 38.1 Å². The lowest BCUT2D eigenvalue weighted by molar-refractivity contribution is 0.312. The van der Waals surface area contributed by atoms with Crippen LogP contribution in [0.15, 0.2) is 23.3 Å². The van der Waals surface area contributed by atoms with Gasteiger partial charge in [-0.2, -0.15) is 0 Å². The molecule has 0 atom stereocenters. The monoisotopic (exact) mass is 432 g/mol. The van der Waals surface area contributed by atoms with E-state index in [1.54, 1.807) is 0 Å². The number of nitrogens with zero attached hydrogens (tertiary/aromatic N) is 4. The molecular formula is C16H29IN6.